The van der Waals surface area contributed by atoms with Gasteiger partial charge in [0.15, 0.2) is 0 Å². The Balaban J connectivity index is 0.000000758. The third-order valence-electron chi connectivity index (χ3n) is 20.4. The van der Waals surface area contributed by atoms with E-state index in [0.29, 0.717) is 35.5 Å². The van der Waals surface area contributed by atoms with Gasteiger partial charge >= 0.3 is 0 Å². The molecule has 2 aliphatic heterocycles. The Morgan fingerprint density at radius 1 is 0.237 bits per heavy atom. The fourth-order valence-electron chi connectivity index (χ4n) is 13.3. The van der Waals surface area contributed by atoms with Crippen molar-refractivity contribution in [2.45, 2.75) is 180 Å². The van der Waals surface area contributed by atoms with Crippen molar-refractivity contribution in [3.8, 4) is 0 Å². The number of piperidine rings is 1. The van der Waals surface area contributed by atoms with E-state index in [0.717, 1.165) is 101 Å². The fourth-order valence-corrected chi connectivity index (χ4v) is 14.2. The summed E-state index contributed by atoms with van der Waals surface area (Å²) in [5, 5.41) is 15.0. The van der Waals surface area contributed by atoms with Gasteiger partial charge in [0.25, 0.3) is 0 Å². The molecule has 12 heteroatoms. The first-order valence-electron chi connectivity index (χ1n) is 44.9. The summed E-state index contributed by atoms with van der Waals surface area (Å²) in [4.78, 5) is 6.94. The standard InChI is InChI=1S/C27H33N2S.C18H29N2S.C17H27N2S.8C7H7.CH3.3Hf/c1-20(2)24-16-11-17-25(21(3)4)26(24)28-27(30)29(18-22-12-7-5-8-13-22)19-23-14-9-6-10-15-23;1-13(2)15-9-8-10-16(14(3)4)17(15)19-18(21)20-11-6-5-7-12-20;1-12(2)14-8-7-9-15(13(3)4)16(14)18-17(20)19-10-5-6-11-19;8*1-7-5-3-2-4-6-7;;;;/h5-17,20-21,27,30H,18-19H2,1-4H3;8-10,13-14,18,21H,5-7,11-12H2,1-4H3;7-9,12-13,17,20H,5-6,10-11H2,1-4H3;8*2-6H,1H2;1H3;;;/q12*-1;;;/p-3. The van der Waals surface area contributed by atoms with Gasteiger partial charge in [-0.3, -0.25) is 0 Å². The predicted octanol–water partition coefficient (Wildman–Crippen LogP) is 33.0. The predicted molar refractivity (Wildman–Crippen MR) is 568 cm³/mol. The van der Waals surface area contributed by atoms with Gasteiger partial charge in [-0.1, -0.05) is 287 Å². The summed E-state index contributed by atoms with van der Waals surface area (Å²) >= 11 is 17.3. The van der Waals surface area contributed by atoms with Crippen LogP contribution in [0.3, 0.4) is 0 Å². The van der Waals surface area contributed by atoms with Crippen LogP contribution in [0.15, 0.2) is 358 Å². The molecule has 13 aromatic rings. The van der Waals surface area contributed by atoms with E-state index in [2.05, 4.69) is 256 Å². The van der Waals surface area contributed by atoms with Crippen molar-refractivity contribution in [3.05, 3.63) is 526 Å². The molecule has 131 heavy (non-hydrogen) atoms. The van der Waals surface area contributed by atoms with E-state index in [1.165, 1.54) is 76.6 Å². The molecule has 0 aromatic heterocycles. The van der Waals surface area contributed by atoms with Crippen LogP contribution in [0.5, 0.6) is 0 Å². The smallest absolute Gasteiger partial charge is 0.0203 e. The molecule has 0 aliphatic carbocycles. The maximum absolute atomic E-state index is 5.99. The average molecular weight is 2290 g/mol. The molecule has 3 unspecified atom stereocenters. The summed E-state index contributed by atoms with van der Waals surface area (Å²) in [6.07, 6.45) is 6.35. The second-order valence-corrected chi connectivity index (χ2v) is 34.5. The molecule has 6 nitrogen and oxygen atoms in total. The molecule has 0 radical (unpaired) electrons. The van der Waals surface area contributed by atoms with E-state index in [9.17, 15) is 0 Å². The zero-order valence-corrected chi connectivity index (χ0v) is 93.8. The van der Waals surface area contributed by atoms with Crippen LogP contribution in [-0.2, 0) is 129 Å². The first-order chi connectivity index (χ1) is 61.1. The Bertz CT molecular complexity index is 4310. The molecular weight excluding hydrogens is 2150 g/mol. The second-order valence-electron chi connectivity index (χ2n) is 33.3. The van der Waals surface area contributed by atoms with Crippen LogP contribution in [0.2, 0.25) is 0 Å². The van der Waals surface area contributed by atoms with Gasteiger partial charge in [0.1, 0.15) is 0 Å². The number of likely N-dealkylation sites (tertiary alicyclic amines) is 2. The van der Waals surface area contributed by atoms with E-state index in [4.69, 9.17) is 53.8 Å². The summed E-state index contributed by atoms with van der Waals surface area (Å²) in [6.45, 7) is 62.4. The largest absolute Gasteiger partial charge is 0.793 e. The SMILES string of the molecule is CC(C)c1cccc(C(C)C)c1[N-]C([S-])N(Cc1ccccc1)Cc1ccccc1.CC(C)c1cccc(C(C)C)c1[N-]C([S-])N1CCCC1.CC(C)c1cccc(C(C)C)c1[N-]C([S-])N1CCCCC1.[CH2-]c1ccccc1.[CH2-]c1ccccc1.[CH2-]c1ccccc1.[CH2-]c1ccccc1.[CH2-]c1ccccc1.[CH2-]c1ccccc1.[CH2-]c1ccccc1.[CH2-]c1ccccc1.[CH3-].[Hf].[Hf].[Hf]. The van der Waals surface area contributed by atoms with Crippen molar-refractivity contribution in [2.75, 3.05) is 26.2 Å². The van der Waals surface area contributed by atoms with Crippen LogP contribution >= 0.6 is 0 Å². The number of rotatable bonds is 19. The zero-order valence-electron chi connectivity index (χ0n) is 80.6. The fraction of sp³-hybridized carbons (Fsp3) is 0.269. The minimum Gasteiger partial charge on any atom is -0.793 e. The Morgan fingerprint density at radius 3 is 0.557 bits per heavy atom. The van der Waals surface area contributed by atoms with E-state index in [-0.39, 0.29) is 101 Å². The molecule has 2 saturated heterocycles. The summed E-state index contributed by atoms with van der Waals surface area (Å²) in [6, 6.07) is 120. The Hall–Kier alpha value is -8.24. The second kappa shape index (κ2) is 71.3. The van der Waals surface area contributed by atoms with Crippen LogP contribution in [0, 0.1) is 62.8 Å². The molecule has 13 aromatic carbocycles. The van der Waals surface area contributed by atoms with Crippen molar-refractivity contribution in [1.29, 1.82) is 0 Å². The van der Waals surface area contributed by atoms with Gasteiger partial charge in [-0.05, 0) is 98.5 Å². The summed E-state index contributed by atoms with van der Waals surface area (Å²) in [5.74, 6) is 2.72. The van der Waals surface area contributed by atoms with Gasteiger partial charge in [-0.25, -0.2) is 0 Å². The molecule has 2 heterocycles. The molecule has 2 aliphatic rings. The van der Waals surface area contributed by atoms with Crippen molar-refractivity contribution >= 4 is 54.9 Å². The maximum Gasteiger partial charge on any atom is 0.0203 e. The molecule has 2 fully saturated rings. The summed E-state index contributed by atoms with van der Waals surface area (Å²) in [5.41, 5.74) is 21.7. The van der Waals surface area contributed by atoms with E-state index >= 15 is 0 Å². The molecule has 0 bridgehead atoms. The van der Waals surface area contributed by atoms with Gasteiger partial charge in [0.05, 0.1) is 0 Å². The molecule has 696 valence electrons. The van der Waals surface area contributed by atoms with Crippen molar-refractivity contribution < 1.29 is 77.5 Å². The van der Waals surface area contributed by atoms with Gasteiger partial charge < -0.3 is 76.0 Å². The van der Waals surface area contributed by atoms with E-state index in [1.807, 2.05) is 255 Å². The van der Waals surface area contributed by atoms with Crippen LogP contribution in [0.1, 0.15) is 240 Å². The van der Waals surface area contributed by atoms with Crippen molar-refractivity contribution in [3.63, 3.8) is 0 Å². The molecule has 15 rings (SSSR count). The third-order valence-corrected chi connectivity index (χ3v) is 21.6. The topological polar surface area (TPSA) is 52.0 Å². The number of hydrogen-bond acceptors (Lipinski definition) is 6. The van der Waals surface area contributed by atoms with Crippen molar-refractivity contribution in [1.82, 2.24) is 14.7 Å². The Kier molecular flexibility index (Phi) is 65.8. The molecule has 0 N–H and O–H groups in total. The first-order valence-corrected chi connectivity index (χ1v) is 46.3. The Labute approximate surface area is 870 Å². The van der Waals surface area contributed by atoms with E-state index in [1.54, 1.807) is 0 Å². The number of nitrogens with zero attached hydrogens (tertiary/aromatic N) is 6. The normalized spacial score (nSPS) is 12.2. The molecule has 3 atom stereocenters. The summed E-state index contributed by atoms with van der Waals surface area (Å²) in [7, 11) is 0. The Morgan fingerprint density at radius 2 is 0.397 bits per heavy atom. The van der Waals surface area contributed by atoms with Crippen LogP contribution < -0.4 is 0 Å². The molecule has 0 saturated carbocycles. The molecule has 0 spiro atoms. The van der Waals surface area contributed by atoms with Crippen LogP contribution in [-0.4, -0.2) is 57.4 Å². The minimum atomic E-state index is -0.345. The van der Waals surface area contributed by atoms with Gasteiger partial charge in [-0.15, -0.1) is 114 Å². The maximum atomic E-state index is 5.99. The minimum absolute atomic E-state index is 0. The number of benzene rings is 13. The van der Waals surface area contributed by atoms with Gasteiger partial charge in [0.2, 0.25) is 0 Å². The molecule has 0 amide bonds. The van der Waals surface area contributed by atoms with Gasteiger partial charge in [0, 0.05) is 90.6 Å². The van der Waals surface area contributed by atoms with Crippen LogP contribution in [0.4, 0.5) is 17.1 Å². The molecular formula is C119H145Hf3N6S3-15. The zero-order chi connectivity index (χ0) is 92.5. The monoisotopic (exact) mass is 2290 g/mol. The number of para-hydroxylation sites is 3. The average Bonchev–Trinajstić information content (AvgIpc) is 1.46. The summed E-state index contributed by atoms with van der Waals surface area (Å²) < 4.78 is 0. The van der Waals surface area contributed by atoms with Crippen molar-refractivity contribution in [2.24, 2.45) is 0 Å². The first kappa shape index (κ1) is 121. The third kappa shape index (κ3) is 51.2. The quantitative estimate of drug-likeness (QED) is 0.0457. The number of hydrogen-bond donors (Lipinski definition) is 0. The van der Waals surface area contributed by atoms with Crippen LogP contribution in [0.25, 0.3) is 16.0 Å². The van der Waals surface area contributed by atoms with Gasteiger partial charge in [-0.2, -0.15) is 213 Å². The van der Waals surface area contributed by atoms with E-state index < -0.39 is 0 Å².